The lowest BCUT2D eigenvalue weighted by atomic mass is 9.83. The standard InChI is InChI=1S/C31H35F3N8O2/c1-16-5-6-20(25-18(3)40-42(15-24(35)43)28(25)36-4)13-22(16)41-12-11-30(14-17(41)2)29(44)38-27(39-30)21-9-10-23(31(32,33)34)37-26(21)19-7-8-19/h5-6,9-10,13,17,19,36H,7-8,11-12,14-15H2,1-4H3,(H2,35,43)(H,38,39,44)/t17-,30+/m0/s1. The van der Waals surface area contributed by atoms with Crippen LogP contribution in [0.25, 0.3) is 11.1 Å². The number of benzene rings is 1. The number of carbonyl (C=O) groups excluding carboxylic acids is 2. The molecule has 1 saturated carbocycles. The number of hydrogen-bond donors (Lipinski definition) is 3. The van der Waals surface area contributed by atoms with Crippen molar-refractivity contribution >= 4 is 29.2 Å². The fraction of sp³-hybridized carbons (Fsp3) is 0.452. The Kier molecular flexibility index (Phi) is 7.16. The van der Waals surface area contributed by atoms with E-state index in [0.29, 0.717) is 42.3 Å². The molecule has 232 valence electrons. The van der Waals surface area contributed by atoms with Gasteiger partial charge in [0.15, 0.2) is 0 Å². The fourth-order valence-electron chi connectivity index (χ4n) is 6.56. The van der Waals surface area contributed by atoms with E-state index in [4.69, 9.17) is 10.7 Å². The second-order valence-corrected chi connectivity index (χ2v) is 12.0. The number of pyridine rings is 1. The molecule has 13 heteroatoms. The van der Waals surface area contributed by atoms with Crippen LogP contribution >= 0.6 is 0 Å². The van der Waals surface area contributed by atoms with Gasteiger partial charge in [-0.15, -0.1) is 0 Å². The summed E-state index contributed by atoms with van der Waals surface area (Å²) in [6.45, 7) is 6.48. The van der Waals surface area contributed by atoms with Crippen LogP contribution in [-0.4, -0.2) is 57.6 Å². The highest BCUT2D eigenvalue weighted by atomic mass is 19.4. The highest BCUT2D eigenvalue weighted by Gasteiger charge is 2.49. The van der Waals surface area contributed by atoms with Crippen molar-refractivity contribution in [3.63, 3.8) is 0 Å². The van der Waals surface area contributed by atoms with Crippen LogP contribution in [0.2, 0.25) is 0 Å². The number of aliphatic imine (C=N–C) groups is 1. The second kappa shape index (κ2) is 10.6. The number of alkyl halides is 3. The Morgan fingerprint density at radius 2 is 1.95 bits per heavy atom. The lowest BCUT2D eigenvalue weighted by Crippen LogP contribution is -2.53. The Balaban J connectivity index is 1.29. The van der Waals surface area contributed by atoms with Crippen LogP contribution in [0.15, 0.2) is 35.3 Å². The summed E-state index contributed by atoms with van der Waals surface area (Å²) < 4.78 is 41.7. The summed E-state index contributed by atoms with van der Waals surface area (Å²) in [5.41, 5.74) is 8.95. The molecule has 10 nitrogen and oxygen atoms in total. The van der Waals surface area contributed by atoms with Gasteiger partial charge < -0.3 is 21.3 Å². The van der Waals surface area contributed by atoms with E-state index >= 15 is 0 Å². The minimum atomic E-state index is -4.54. The molecule has 4 N–H and O–H groups in total. The molecule has 1 aromatic carbocycles. The first-order chi connectivity index (χ1) is 20.8. The van der Waals surface area contributed by atoms with Gasteiger partial charge in [0.1, 0.15) is 29.4 Å². The van der Waals surface area contributed by atoms with Crippen molar-refractivity contribution in [2.45, 2.75) is 76.7 Å². The van der Waals surface area contributed by atoms with Gasteiger partial charge in [-0.2, -0.15) is 18.3 Å². The second-order valence-electron chi connectivity index (χ2n) is 12.0. The van der Waals surface area contributed by atoms with Gasteiger partial charge in [0.2, 0.25) is 5.91 Å². The Morgan fingerprint density at radius 1 is 1.20 bits per heavy atom. The van der Waals surface area contributed by atoms with E-state index in [1.807, 2.05) is 26.0 Å². The van der Waals surface area contributed by atoms with Crippen molar-refractivity contribution < 1.29 is 22.8 Å². The zero-order valence-electron chi connectivity index (χ0n) is 25.0. The number of anilines is 2. The highest BCUT2D eigenvalue weighted by Crippen LogP contribution is 2.44. The summed E-state index contributed by atoms with van der Waals surface area (Å²) in [5.74, 6) is 0.211. The average Bonchev–Trinajstić information content (AvgIpc) is 3.69. The number of rotatable bonds is 7. The van der Waals surface area contributed by atoms with E-state index in [-0.39, 0.29) is 24.4 Å². The van der Waals surface area contributed by atoms with Crippen molar-refractivity contribution in [2.24, 2.45) is 10.7 Å². The number of amides is 2. The Hall–Kier alpha value is -4.42. The number of aryl methyl sites for hydroxylation is 2. The number of piperidine rings is 1. The van der Waals surface area contributed by atoms with Crippen LogP contribution < -0.4 is 21.3 Å². The minimum absolute atomic E-state index is 0.0454. The number of aromatic nitrogens is 3. The van der Waals surface area contributed by atoms with Gasteiger partial charge in [-0.25, -0.2) is 9.67 Å². The van der Waals surface area contributed by atoms with E-state index in [0.717, 1.165) is 47.0 Å². The third-order valence-corrected chi connectivity index (χ3v) is 8.82. The summed E-state index contributed by atoms with van der Waals surface area (Å²) in [4.78, 5) is 36.1. The summed E-state index contributed by atoms with van der Waals surface area (Å²) >= 11 is 0. The van der Waals surface area contributed by atoms with Gasteiger partial charge in [0.25, 0.3) is 5.91 Å². The Bertz CT molecular complexity index is 1690. The molecule has 2 aromatic heterocycles. The highest BCUT2D eigenvalue weighted by molar-refractivity contribution is 6.16. The Labute approximate surface area is 252 Å². The normalized spacial score (nSPS) is 21.9. The monoisotopic (exact) mass is 608 g/mol. The molecule has 3 aliphatic rings. The van der Waals surface area contributed by atoms with Crippen LogP contribution in [-0.2, 0) is 22.3 Å². The number of nitrogens with one attached hydrogen (secondary N) is 2. The van der Waals surface area contributed by atoms with Crippen molar-refractivity contribution in [2.75, 3.05) is 23.8 Å². The lowest BCUT2D eigenvalue weighted by molar-refractivity contribution is -0.141. The van der Waals surface area contributed by atoms with Gasteiger partial charge in [-0.05, 0) is 69.4 Å². The number of nitrogens with two attached hydrogens (primary N) is 1. The van der Waals surface area contributed by atoms with Crippen molar-refractivity contribution in [3.05, 3.63) is 58.5 Å². The van der Waals surface area contributed by atoms with Crippen molar-refractivity contribution in [1.29, 1.82) is 0 Å². The molecule has 1 aliphatic carbocycles. The van der Waals surface area contributed by atoms with Gasteiger partial charge in [-0.1, -0.05) is 12.1 Å². The average molecular weight is 609 g/mol. The summed E-state index contributed by atoms with van der Waals surface area (Å²) in [5, 5.41) is 10.6. The number of primary amides is 1. The van der Waals surface area contributed by atoms with E-state index in [9.17, 15) is 22.8 Å². The number of halogens is 3. The molecule has 2 atom stereocenters. The maximum atomic E-state index is 13.4. The molecule has 1 saturated heterocycles. The number of carbonyl (C=O) groups is 2. The third-order valence-electron chi connectivity index (χ3n) is 8.82. The maximum Gasteiger partial charge on any atom is 0.433 e. The topological polar surface area (TPSA) is 131 Å². The zero-order valence-corrected chi connectivity index (χ0v) is 25.0. The van der Waals surface area contributed by atoms with E-state index < -0.39 is 23.3 Å². The maximum absolute atomic E-state index is 13.4. The summed E-state index contributed by atoms with van der Waals surface area (Å²) in [7, 11) is 1.77. The van der Waals surface area contributed by atoms with Crippen LogP contribution in [0.5, 0.6) is 0 Å². The van der Waals surface area contributed by atoms with Crippen LogP contribution in [0.1, 0.15) is 66.7 Å². The molecule has 0 radical (unpaired) electrons. The van der Waals surface area contributed by atoms with E-state index in [2.05, 4.69) is 38.6 Å². The van der Waals surface area contributed by atoms with Gasteiger partial charge in [0, 0.05) is 48.8 Å². The predicted molar refractivity (Wildman–Crippen MR) is 161 cm³/mol. The minimum Gasteiger partial charge on any atom is -0.373 e. The van der Waals surface area contributed by atoms with Crippen molar-refractivity contribution in [3.8, 4) is 11.1 Å². The Morgan fingerprint density at radius 3 is 2.59 bits per heavy atom. The molecule has 2 fully saturated rings. The molecule has 6 rings (SSSR count). The molecule has 0 unspecified atom stereocenters. The molecule has 1 spiro atoms. The molecule has 2 amide bonds. The smallest absolute Gasteiger partial charge is 0.373 e. The molecular weight excluding hydrogens is 573 g/mol. The fourth-order valence-corrected chi connectivity index (χ4v) is 6.56. The third kappa shape index (κ3) is 5.17. The number of amidine groups is 1. The first-order valence-electron chi connectivity index (χ1n) is 14.7. The van der Waals surface area contributed by atoms with Gasteiger partial charge in [0.05, 0.1) is 11.4 Å². The molecule has 2 aliphatic heterocycles. The quantitative estimate of drug-likeness (QED) is 0.367. The molecule has 3 aromatic rings. The summed E-state index contributed by atoms with van der Waals surface area (Å²) in [6, 6.07) is 8.44. The lowest BCUT2D eigenvalue weighted by Gasteiger charge is -2.42. The van der Waals surface area contributed by atoms with E-state index in [1.54, 1.807) is 11.7 Å². The number of hydrogen-bond acceptors (Lipinski definition) is 7. The molecule has 4 heterocycles. The molecule has 44 heavy (non-hydrogen) atoms. The van der Waals surface area contributed by atoms with E-state index in [1.165, 1.54) is 6.07 Å². The van der Waals surface area contributed by atoms with Crippen molar-refractivity contribution in [1.82, 2.24) is 20.1 Å². The van der Waals surface area contributed by atoms with Gasteiger partial charge >= 0.3 is 6.18 Å². The molecular formula is C31H35F3N8O2. The number of nitrogens with zero attached hydrogens (tertiary/aromatic N) is 5. The first kappa shape index (κ1) is 29.6. The largest absolute Gasteiger partial charge is 0.433 e. The van der Waals surface area contributed by atoms with Crippen LogP contribution in [0, 0.1) is 13.8 Å². The van der Waals surface area contributed by atoms with Gasteiger partial charge in [-0.3, -0.25) is 14.6 Å². The predicted octanol–water partition coefficient (Wildman–Crippen LogP) is 4.29. The zero-order chi connectivity index (χ0) is 31.6. The van der Waals surface area contributed by atoms with Crippen LogP contribution in [0.3, 0.4) is 0 Å². The summed E-state index contributed by atoms with van der Waals surface area (Å²) in [6.07, 6.45) is -2.13. The first-order valence-corrected chi connectivity index (χ1v) is 14.7. The molecule has 0 bridgehead atoms. The van der Waals surface area contributed by atoms with Crippen LogP contribution in [0.4, 0.5) is 24.7 Å². The SMILES string of the molecule is CNc1c(-c2ccc(C)c(N3CC[C@]4(C[C@@H]3C)N=C(c3ccc(C(F)(F)F)nc3C3CC3)NC4=O)c2)c(C)nn1CC(N)=O.